The van der Waals surface area contributed by atoms with E-state index in [1.54, 1.807) is 12.1 Å². The van der Waals surface area contributed by atoms with Gasteiger partial charge in [-0.25, -0.2) is 4.39 Å². The lowest BCUT2D eigenvalue weighted by Gasteiger charge is -1.96. The summed E-state index contributed by atoms with van der Waals surface area (Å²) < 4.78 is 13.0. The molecule has 0 fully saturated rings. The molecule has 0 spiro atoms. The average molecular weight is 188 g/mol. The Morgan fingerprint density at radius 2 is 2.33 bits per heavy atom. The van der Waals surface area contributed by atoms with Crippen LogP contribution in [0.1, 0.15) is 5.56 Å². The molecule has 0 bridgehead atoms. The Morgan fingerprint density at radius 3 is 3.00 bits per heavy atom. The first-order valence-corrected chi connectivity index (χ1v) is 3.64. The second-order valence-electron chi connectivity index (χ2n) is 2.06. The minimum Gasteiger partial charge on any atom is -0.399 e. The van der Waals surface area contributed by atoms with Crippen molar-refractivity contribution in [2.75, 3.05) is 7.11 Å². The SMILES string of the molecule is CO/N=C/c1cccc(Cl)c1F. The third kappa shape index (κ3) is 1.95. The molecule has 4 heteroatoms. The number of halogens is 2. The first-order chi connectivity index (χ1) is 5.75. The summed E-state index contributed by atoms with van der Waals surface area (Å²) in [4.78, 5) is 4.40. The molecule has 0 saturated carbocycles. The van der Waals surface area contributed by atoms with Gasteiger partial charge in [-0.3, -0.25) is 0 Å². The van der Waals surface area contributed by atoms with Gasteiger partial charge in [0.15, 0.2) is 5.82 Å². The van der Waals surface area contributed by atoms with Crippen LogP contribution < -0.4 is 0 Å². The van der Waals surface area contributed by atoms with Crippen LogP contribution in [0.25, 0.3) is 0 Å². The third-order valence-electron chi connectivity index (χ3n) is 1.28. The van der Waals surface area contributed by atoms with Crippen molar-refractivity contribution >= 4 is 17.8 Å². The fraction of sp³-hybridized carbons (Fsp3) is 0.125. The molecule has 0 radical (unpaired) electrons. The average Bonchev–Trinajstić information content (AvgIpc) is 2.08. The zero-order valence-corrected chi connectivity index (χ0v) is 7.18. The molecule has 12 heavy (non-hydrogen) atoms. The Labute approximate surface area is 74.6 Å². The van der Waals surface area contributed by atoms with E-state index in [-0.39, 0.29) is 5.02 Å². The molecular formula is C8H7ClFNO. The zero-order valence-electron chi connectivity index (χ0n) is 6.42. The van der Waals surface area contributed by atoms with Gasteiger partial charge < -0.3 is 4.84 Å². The van der Waals surface area contributed by atoms with Crippen LogP contribution in [0.15, 0.2) is 23.4 Å². The summed E-state index contributed by atoms with van der Waals surface area (Å²) in [6, 6.07) is 4.67. The molecule has 2 nitrogen and oxygen atoms in total. The van der Waals surface area contributed by atoms with Crippen LogP contribution in [0.5, 0.6) is 0 Å². The van der Waals surface area contributed by atoms with Crippen LogP contribution in [0.4, 0.5) is 4.39 Å². The summed E-state index contributed by atoms with van der Waals surface area (Å²) in [5.41, 5.74) is 0.310. The smallest absolute Gasteiger partial charge is 0.150 e. The lowest BCUT2D eigenvalue weighted by molar-refractivity contribution is 0.215. The Bertz CT molecular complexity index is 301. The lowest BCUT2D eigenvalue weighted by Crippen LogP contribution is -1.88. The molecule has 0 atom stereocenters. The van der Waals surface area contributed by atoms with E-state index < -0.39 is 5.82 Å². The summed E-state index contributed by atoms with van der Waals surface area (Å²) in [6.07, 6.45) is 1.27. The molecule has 64 valence electrons. The van der Waals surface area contributed by atoms with Crippen molar-refractivity contribution < 1.29 is 9.23 Å². The molecule has 0 amide bonds. The highest BCUT2D eigenvalue weighted by atomic mass is 35.5. The van der Waals surface area contributed by atoms with Gasteiger partial charge in [-0.2, -0.15) is 0 Å². The van der Waals surface area contributed by atoms with Gasteiger partial charge >= 0.3 is 0 Å². The summed E-state index contributed by atoms with van der Waals surface area (Å²) >= 11 is 5.52. The van der Waals surface area contributed by atoms with Gasteiger partial charge in [-0.1, -0.05) is 28.9 Å². The van der Waals surface area contributed by atoms with Crippen LogP contribution in [0.2, 0.25) is 5.02 Å². The maximum absolute atomic E-state index is 13.0. The summed E-state index contributed by atoms with van der Waals surface area (Å²) in [6.45, 7) is 0. The van der Waals surface area contributed by atoms with E-state index in [1.165, 1.54) is 19.4 Å². The number of hydrogen-bond donors (Lipinski definition) is 0. The topological polar surface area (TPSA) is 21.6 Å². The molecule has 0 N–H and O–H groups in total. The first-order valence-electron chi connectivity index (χ1n) is 3.26. The predicted octanol–water partition coefficient (Wildman–Crippen LogP) is 2.46. The van der Waals surface area contributed by atoms with Crippen molar-refractivity contribution in [2.45, 2.75) is 0 Å². The van der Waals surface area contributed by atoms with Gasteiger partial charge in [-0.15, -0.1) is 0 Å². The van der Waals surface area contributed by atoms with Crippen molar-refractivity contribution in [1.29, 1.82) is 0 Å². The van der Waals surface area contributed by atoms with E-state index in [1.807, 2.05) is 0 Å². The van der Waals surface area contributed by atoms with E-state index >= 15 is 0 Å². The summed E-state index contributed by atoms with van der Waals surface area (Å²) in [7, 11) is 1.39. The molecule has 0 aliphatic rings. The molecule has 0 heterocycles. The Hall–Kier alpha value is -1.09. The fourth-order valence-electron chi connectivity index (χ4n) is 0.730. The van der Waals surface area contributed by atoms with E-state index in [0.29, 0.717) is 5.56 Å². The number of oxime groups is 1. The van der Waals surface area contributed by atoms with Gasteiger partial charge in [-0.05, 0) is 6.07 Å². The highest BCUT2D eigenvalue weighted by Gasteiger charge is 2.02. The summed E-state index contributed by atoms with van der Waals surface area (Å²) in [5, 5.41) is 3.50. The van der Waals surface area contributed by atoms with Crippen molar-refractivity contribution in [1.82, 2.24) is 0 Å². The largest absolute Gasteiger partial charge is 0.399 e. The second kappa shape index (κ2) is 4.07. The number of nitrogens with zero attached hydrogens (tertiary/aromatic N) is 1. The van der Waals surface area contributed by atoms with Gasteiger partial charge in [0, 0.05) is 5.56 Å². The van der Waals surface area contributed by atoms with Gasteiger partial charge in [0.05, 0.1) is 11.2 Å². The van der Waals surface area contributed by atoms with E-state index in [4.69, 9.17) is 11.6 Å². The molecule has 0 aliphatic heterocycles. The number of benzene rings is 1. The standard InChI is InChI=1S/C8H7ClFNO/c1-12-11-5-6-3-2-4-7(9)8(6)10/h2-5H,1H3/b11-5+. The van der Waals surface area contributed by atoms with Crippen molar-refractivity contribution in [3.63, 3.8) is 0 Å². The van der Waals surface area contributed by atoms with Crippen LogP contribution in [0.3, 0.4) is 0 Å². The quantitative estimate of drug-likeness (QED) is 0.515. The number of rotatable bonds is 2. The normalized spacial score (nSPS) is 10.6. The predicted molar refractivity (Wildman–Crippen MR) is 46.0 cm³/mol. The third-order valence-corrected chi connectivity index (χ3v) is 1.57. The van der Waals surface area contributed by atoms with Crippen LogP contribution >= 0.6 is 11.6 Å². The molecule has 1 aromatic carbocycles. The second-order valence-corrected chi connectivity index (χ2v) is 2.47. The molecule has 0 saturated heterocycles. The van der Waals surface area contributed by atoms with Crippen molar-refractivity contribution in [3.8, 4) is 0 Å². The molecule has 0 aliphatic carbocycles. The van der Waals surface area contributed by atoms with Crippen molar-refractivity contribution in [2.24, 2.45) is 5.16 Å². The van der Waals surface area contributed by atoms with E-state index in [2.05, 4.69) is 9.99 Å². The Morgan fingerprint density at radius 1 is 1.58 bits per heavy atom. The van der Waals surface area contributed by atoms with E-state index in [0.717, 1.165) is 0 Å². The Kier molecular flexibility index (Phi) is 3.05. The van der Waals surface area contributed by atoms with Crippen LogP contribution in [0, 0.1) is 5.82 Å². The lowest BCUT2D eigenvalue weighted by atomic mass is 10.2. The monoisotopic (exact) mass is 187 g/mol. The first kappa shape index (κ1) is 9.00. The molecule has 1 rings (SSSR count). The van der Waals surface area contributed by atoms with Crippen molar-refractivity contribution in [3.05, 3.63) is 34.6 Å². The Balaban J connectivity index is 3.00. The van der Waals surface area contributed by atoms with Gasteiger partial charge in [0.1, 0.15) is 7.11 Å². The highest BCUT2D eigenvalue weighted by Crippen LogP contribution is 2.16. The maximum atomic E-state index is 13.0. The fourth-order valence-corrected chi connectivity index (χ4v) is 0.912. The molecule has 1 aromatic rings. The highest BCUT2D eigenvalue weighted by molar-refractivity contribution is 6.31. The molecule has 0 aromatic heterocycles. The minimum absolute atomic E-state index is 0.0788. The number of hydrogen-bond acceptors (Lipinski definition) is 2. The molecule has 0 unspecified atom stereocenters. The van der Waals surface area contributed by atoms with Crippen LogP contribution in [-0.4, -0.2) is 13.3 Å². The minimum atomic E-state index is -0.486. The maximum Gasteiger partial charge on any atom is 0.150 e. The summed E-state index contributed by atoms with van der Waals surface area (Å²) in [5.74, 6) is -0.486. The van der Waals surface area contributed by atoms with Crippen LogP contribution in [-0.2, 0) is 4.84 Å². The van der Waals surface area contributed by atoms with E-state index in [9.17, 15) is 4.39 Å². The van der Waals surface area contributed by atoms with Gasteiger partial charge in [0.2, 0.25) is 0 Å². The van der Waals surface area contributed by atoms with Gasteiger partial charge in [0.25, 0.3) is 0 Å². The zero-order chi connectivity index (χ0) is 8.97. The molecular weight excluding hydrogens is 181 g/mol.